The SMILES string of the molecule is CCCC(CCN)CCC(=O)N1CC(O)(C2CC2)C1. The second-order valence-corrected chi connectivity index (χ2v) is 6.40. The van der Waals surface area contributed by atoms with Crippen LogP contribution in [-0.4, -0.2) is 41.1 Å². The largest absolute Gasteiger partial charge is 0.386 e. The summed E-state index contributed by atoms with van der Waals surface area (Å²) in [5, 5.41) is 10.2. The van der Waals surface area contributed by atoms with Crippen LogP contribution in [0, 0.1) is 11.8 Å². The molecule has 0 bridgehead atoms. The van der Waals surface area contributed by atoms with Gasteiger partial charge in [0.1, 0.15) is 5.60 Å². The van der Waals surface area contributed by atoms with Crippen LogP contribution in [0.3, 0.4) is 0 Å². The van der Waals surface area contributed by atoms with Gasteiger partial charge in [0.15, 0.2) is 0 Å². The van der Waals surface area contributed by atoms with E-state index in [4.69, 9.17) is 5.73 Å². The molecule has 2 aliphatic rings. The predicted octanol–water partition coefficient (Wildman–Crippen LogP) is 1.51. The van der Waals surface area contributed by atoms with Crippen molar-refractivity contribution in [1.82, 2.24) is 4.90 Å². The molecule has 1 saturated heterocycles. The monoisotopic (exact) mass is 268 g/mol. The lowest BCUT2D eigenvalue weighted by molar-refractivity contribution is -0.159. The first kappa shape index (κ1) is 14.8. The second-order valence-electron chi connectivity index (χ2n) is 6.40. The predicted molar refractivity (Wildman–Crippen MR) is 75.6 cm³/mol. The molecule has 0 aromatic heterocycles. The molecular formula is C15H28N2O2. The number of aliphatic hydroxyl groups is 1. The van der Waals surface area contributed by atoms with Gasteiger partial charge in [0.25, 0.3) is 0 Å². The Morgan fingerprint density at radius 2 is 2.05 bits per heavy atom. The fourth-order valence-electron chi connectivity index (χ4n) is 3.23. The van der Waals surface area contributed by atoms with Crippen LogP contribution in [0.15, 0.2) is 0 Å². The third-order valence-corrected chi connectivity index (χ3v) is 4.66. The Bertz CT molecular complexity index is 303. The summed E-state index contributed by atoms with van der Waals surface area (Å²) < 4.78 is 0. The van der Waals surface area contributed by atoms with Crippen molar-refractivity contribution in [2.24, 2.45) is 17.6 Å². The lowest BCUT2D eigenvalue weighted by Gasteiger charge is -2.47. The lowest BCUT2D eigenvalue weighted by atomic mass is 9.87. The molecular weight excluding hydrogens is 240 g/mol. The zero-order valence-electron chi connectivity index (χ0n) is 12.1. The van der Waals surface area contributed by atoms with Gasteiger partial charge >= 0.3 is 0 Å². The quantitative estimate of drug-likeness (QED) is 0.701. The van der Waals surface area contributed by atoms with Crippen molar-refractivity contribution in [2.75, 3.05) is 19.6 Å². The first-order valence-corrected chi connectivity index (χ1v) is 7.79. The molecule has 1 aliphatic heterocycles. The highest BCUT2D eigenvalue weighted by molar-refractivity contribution is 5.77. The standard InChI is InChI=1S/C15H28N2O2/c1-2-3-12(8-9-16)4-7-14(18)17-10-15(19,11-17)13-5-6-13/h12-13,19H,2-11,16H2,1H3. The summed E-state index contributed by atoms with van der Waals surface area (Å²) in [6.07, 6.45) is 7.17. The molecule has 0 spiro atoms. The first-order chi connectivity index (χ1) is 9.09. The van der Waals surface area contributed by atoms with Crippen LogP contribution in [0.2, 0.25) is 0 Å². The third kappa shape index (κ3) is 3.69. The van der Waals surface area contributed by atoms with E-state index in [2.05, 4.69) is 6.92 Å². The summed E-state index contributed by atoms with van der Waals surface area (Å²) in [6.45, 7) is 4.01. The van der Waals surface area contributed by atoms with Gasteiger partial charge < -0.3 is 15.7 Å². The number of nitrogens with two attached hydrogens (primary N) is 1. The van der Waals surface area contributed by atoms with Crippen LogP contribution in [-0.2, 0) is 4.79 Å². The fraction of sp³-hybridized carbons (Fsp3) is 0.933. The molecule has 1 aliphatic carbocycles. The zero-order valence-corrected chi connectivity index (χ0v) is 12.1. The molecule has 19 heavy (non-hydrogen) atoms. The Morgan fingerprint density at radius 1 is 1.37 bits per heavy atom. The van der Waals surface area contributed by atoms with E-state index in [0.717, 1.165) is 38.5 Å². The van der Waals surface area contributed by atoms with Crippen LogP contribution < -0.4 is 5.73 Å². The summed E-state index contributed by atoms with van der Waals surface area (Å²) in [4.78, 5) is 13.9. The second kappa shape index (κ2) is 6.23. The fourth-order valence-corrected chi connectivity index (χ4v) is 3.23. The van der Waals surface area contributed by atoms with Crippen LogP contribution in [0.5, 0.6) is 0 Å². The minimum Gasteiger partial charge on any atom is -0.386 e. The van der Waals surface area contributed by atoms with Crippen LogP contribution in [0.1, 0.15) is 51.9 Å². The molecule has 0 aromatic rings. The number of carbonyl (C=O) groups excluding carboxylic acids is 1. The molecule has 0 aromatic carbocycles. The molecule has 1 atom stereocenters. The summed E-state index contributed by atoms with van der Waals surface area (Å²) in [6, 6.07) is 0. The van der Waals surface area contributed by atoms with Crippen molar-refractivity contribution in [3.05, 3.63) is 0 Å². The summed E-state index contributed by atoms with van der Waals surface area (Å²) in [5.74, 6) is 1.26. The zero-order chi connectivity index (χ0) is 13.9. The maximum absolute atomic E-state index is 12.1. The Labute approximate surface area is 116 Å². The van der Waals surface area contributed by atoms with E-state index >= 15 is 0 Å². The van der Waals surface area contributed by atoms with Crippen molar-refractivity contribution >= 4 is 5.91 Å². The van der Waals surface area contributed by atoms with E-state index in [1.807, 2.05) is 4.90 Å². The summed E-state index contributed by atoms with van der Waals surface area (Å²) in [7, 11) is 0. The van der Waals surface area contributed by atoms with Crippen molar-refractivity contribution < 1.29 is 9.90 Å². The average Bonchev–Trinajstić information content (AvgIpc) is 3.16. The number of hydrogen-bond acceptors (Lipinski definition) is 3. The Morgan fingerprint density at radius 3 is 2.58 bits per heavy atom. The number of rotatable bonds is 8. The molecule has 3 N–H and O–H groups in total. The number of amides is 1. The van der Waals surface area contributed by atoms with Gasteiger partial charge in [-0.3, -0.25) is 4.79 Å². The van der Waals surface area contributed by atoms with E-state index < -0.39 is 5.60 Å². The minimum absolute atomic E-state index is 0.212. The van der Waals surface area contributed by atoms with Gasteiger partial charge in [-0.15, -0.1) is 0 Å². The first-order valence-electron chi connectivity index (χ1n) is 7.79. The molecule has 1 heterocycles. The Kier molecular flexibility index (Phi) is 4.85. The van der Waals surface area contributed by atoms with E-state index in [-0.39, 0.29) is 5.91 Å². The van der Waals surface area contributed by atoms with Crippen molar-refractivity contribution in [1.29, 1.82) is 0 Å². The number of β-amino-alcohol motifs (C(OH)–C–C–N with tert-alkyl or cyclic N) is 1. The number of hydrogen-bond donors (Lipinski definition) is 2. The van der Waals surface area contributed by atoms with Crippen molar-refractivity contribution in [3.8, 4) is 0 Å². The van der Waals surface area contributed by atoms with Crippen LogP contribution in [0.25, 0.3) is 0 Å². The van der Waals surface area contributed by atoms with E-state index in [1.165, 1.54) is 0 Å². The molecule has 2 fully saturated rings. The summed E-state index contributed by atoms with van der Waals surface area (Å²) in [5.41, 5.74) is 5.06. The smallest absolute Gasteiger partial charge is 0.222 e. The molecule has 0 radical (unpaired) electrons. The highest BCUT2D eigenvalue weighted by Crippen LogP contribution is 2.44. The maximum atomic E-state index is 12.1. The van der Waals surface area contributed by atoms with Gasteiger partial charge in [-0.25, -0.2) is 0 Å². The molecule has 110 valence electrons. The van der Waals surface area contributed by atoms with E-state index in [0.29, 0.717) is 37.9 Å². The Balaban J connectivity index is 1.67. The van der Waals surface area contributed by atoms with E-state index in [9.17, 15) is 9.90 Å². The molecule has 1 amide bonds. The van der Waals surface area contributed by atoms with Crippen LogP contribution in [0.4, 0.5) is 0 Å². The van der Waals surface area contributed by atoms with Gasteiger partial charge in [0, 0.05) is 6.42 Å². The third-order valence-electron chi connectivity index (χ3n) is 4.66. The van der Waals surface area contributed by atoms with Gasteiger partial charge in [0.05, 0.1) is 13.1 Å². The molecule has 4 heteroatoms. The highest BCUT2D eigenvalue weighted by atomic mass is 16.3. The molecule has 4 nitrogen and oxygen atoms in total. The number of nitrogens with zero attached hydrogens (tertiary/aromatic N) is 1. The van der Waals surface area contributed by atoms with Crippen molar-refractivity contribution in [3.63, 3.8) is 0 Å². The van der Waals surface area contributed by atoms with Gasteiger partial charge in [-0.2, -0.15) is 0 Å². The average molecular weight is 268 g/mol. The van der Waals surface area contributed by atoms with Gasteiger partial charge in [-0.05, 0) is 44.1 Å². The topological polar surface area (TPSA) is 66.6 Å². The lowest BCUT2D eigenvalue weighted by Crippen LogP contribution is -2.64. The van der Waals surface area contributed by atoms with Crippen molar-refractivity contribution in [2.45, 2.75) is 57.5 Å². The number of likely N-dealkylation sites (tertiary alicyclic amines) is 1. The highest BCUT2D eigenvalue weighted by Gasteiger charge is 2.52. The van der Waals surface area contributed by atoms with Gasteiger partial charge in [-0.1, -0.05) is 19.8 Å². The number of carbonyl (C=O) groups is 1. The summed E-state index contributed by atoms with van der Waals surface area (Å²) >= 11 is 0. The van der Waals surface area contributed by atoms with Gasteiger partial charge in [0.2, 0.25) is 5.91 Å². The van der Waals surface area contributed by atoms with E-state index in [1.54, 1.807) is 0 Å². The molecule has 1 unspecified atom stereocenters. The molecule has 1 saturated carbocycles. The normalized spacial score (nSPS) is 23.0. The maximum Gasteiger partial charge on any atom is 0.222 e. The minimum atomic E-state index is -0.546. The van der Waals surface area contributed by atoms with Crippen LogP contribution >= 0.6 is 0 Å². The molecule has 2 rings (SSSR count). The Hall–Kier alpha value is -0.610.